The highest BCUT2D eigenvalue weighted by atomic mass is 35.5. The molecule has 7 nitrogen and oxygen atoms in total. The molecule has 2 amide bonds. The minimum absolute atomic E-state index is 0.0651. The van der Waals surface area contributed by atoms with Gasteiger partial charge in [0.25, 0.3) is 0 Å². The first-order valence-electron chi connectivity index (χ1n) is 13.9. The summed E-state index contributed by atoms with van der Waals surface area (Å²) in [4.78, 5) is 29.3. The van der Waals surface area contributed by atoms with Crippen molar-refractivity contribution in [1.29, 1.82) is 0 Å². The summed E-state index contributed by atoms with van der Waals surface area (Å²) >= 11 is 12.3. The SMILES string of the molecule is CS(=O)(=O)N(CC(=O)N(Cc1ccc(Cl)cc1)[C@H](Cc1ccccc1)C(=O)NC1CCCC1)c1cc(C(F)(F)F)ccc1Cl. The van der Waals surface area contributed by atoms with Gasteiger partial charge in [0, 0.05) is 24.0 Å². The summed E-state index contributed by atoms with van der Waals surface area (Å²) in [6.45, 7) is -0.991. The molecule has 1 atom stereocenters. The molecule has 4 rings (SSSR count). The average molecular weight is 671 g/mol. The highest BCUT2D eigenvalue weighted by molar-refractivity contribution is 7.92. The van der Waals surface area contributed by atoms with E-state index in [-0.39, 0.29) is 24.0 Å². The molecule has 0 bridgehead atoms. The summed E-state index contributed by atoms with van der Waals surface area (Å²) in [6, 6.07) is 16.7. The third-order valence-corrected chi connectivity index (χ3v) is 9.16. The molecular weight excluding hydrogens is 638 g/mol. The number of carbonyl (C=O) groups is 2. The number of amides is 2. The zero-order chi connectivity index (χ0) is 32.1. The number of benzene rings is 3. The van der Waals surface area contributed by atoms with E-state index in [1.54, 1.807) is 36.4 Å². The normalized spacial score (nSPS) is 14.7. The number of alkyl halides is 3. The molecule has 1 fully saturated rings. The van der Waals surface area contributed by atoms with Gasteiger partial charge in [-0.2, -0.15) is 13.2 Å². The van der Waals surface area contributed by atoms with E-state index in [1.807, 2.05) is 18.2 Å². The predicted octanol–water partition coefficient (Wildman–Crippen LogP) is 6.48. The van der Waals surface area contributed by atoms with Gasteiger partial charge in [-0.05, 0) is 54.3 Å². The van der Waals surface area contributed by atoms with E-state index in [2.05, 4.69) is 5.32 Å². The maximum absolute atomic E-state index is 14.2. The summed E-state index contributed by atoms with van der Waals surface area (Å²) in [5.41, 5.74) is -0.265. The Morgan fingerprint density at radius 1 is 0.955 bits per heavy atom. The molecule has 1 saturated carbocycles. The molecule has 3 aromatic rings. The fourth-order valence-electron chi connectivity index (χ4n) is 5.18. The zero-order valence-electron chi connectivity index (χ0n) is 23.9. The Hall–Kier alpha value is -3.28. The lowest BCUT2D eigenvalue weighted by atomic mass is 10.0. The smallest absolute Gasteiger partial charge is 0.352 e. The number of halogens is 5. The Labute approximate surface area is 265 Å². The van der Waals surface area contributed by atoms with Crippen LogP contribution in [0, 0.1) is 0 Å². The van der Waals surface area contributed by atoms with Gasteiger partial charge >= 0.3 is 6.18 Å². The molecule has 236 valence electrons. The molecule has 1 aliphatic carbocycles. The molecule has 0 spiro atoms. The molecule has 0 saturated heterocycles. The Balaban J connectivity index is 1.76. The monoisotopic (exact) mass is 669 g/mol. The number of hydrogen-bond donors (Lipinski definition) is 1. The maximum atomic E-state index is 14.2. The lowest BCUT2D eigenvalue weighted by Gasteiger charge is -2.34. The molecular formula is C31H32Cl2F3N3O4S. The predicted molar refractivity (Wildman–Crippen MR) is 165 cm³/mol. The van der Waals surface area contributed by atoms with Crippen molar-refractivity contribution in [3.05, 3.63) is 99.5 Å². The van der Waals surface area contributed by atoms with Gasteiger partial charge in [-0.3, -0.25) is 13.9 Å². The van der Waals surface area contributed by atoms with Crippen molar-refractivity contribution >= 4 is 50.7 Å². The molecule has 0 heterocycles. The molecule has 0 aromatic heterocycles. The molecule has 3 aromatic carbocycles. The van der Waals surface area contributed by atoms with Gasteiger partial charge in [-0.15, -0.1) is 0 Å². The summed E-state index contributed by atoms with van der Waals surface area (Å²) in [5, 5.41) is 3.21. The van der Waals surface area contributed by atoms with E-state index in [0.29, 0.717) is 21.0 Å². The average Bonchev–Trinajstić information content (AvgIpc) is 3.47. The minimum atomic E-state index is -4.79. The van der Waals surface area contributed by atoms with Gasteiger partial charge in [0.15, 0.2) is 0 Å². The van der Waals surface area contributed by atoms with Gasteiger partial charge in [-0.25, -0.2) is 8.42 Å². The molecule has 1 N–H and O–H groups in total. The second kappa shape index (κ2) is 14.2. The second-order valence-electron chi connectivity index (χ2n) is 10.8. The number of sulfonamides is 1. The van der Waals surface area contributed by atoms with Crippen LogP contribution in [0.15, 0.2) is 72.8 Å². The number of anilines is 1. The summed E-state index contributed by atoms with van der Waals surface area (Å²) in [6.07, 6.45) is -0.385. The van der Waals surface area contributed by atoms with Crippen molar-refractivity contribution in [3.63, 3.8) is 0 Å². The topological polar surface area (TPSA) is 86.8 Å². The highest BCUT2D eigenvalue weighted by Gasteiger charge is 2.36. The number of carbonyl (C=O) groups excluding carboxylic acids is 2. The van der Waals surface area contributed by atoms with Gasteiger partial charge < -0.3 is 10.2 Å². The first-order chi connectivity index (χ1) is 20.7. The van der Waals surface area contributed by atoms with Crippen LogP contribution in [0.4, 0.5) is 18.9 Å². The standard InChI is InChI=1S/C31H32Cl2F3N3O4S/c1-44(42,43)39(27-18-23(31(34,35)36)13-16-26(27)33)20-29(40)38(19-22-11-14-24(32)15-12-22)28(17-21-7-3-2-4-8-21)30(41)37-25-9-5-6-10-25/h2-4,7-8,11-16,18,25,28H,5-6,9-10,17,19-20H2,1H3,(H,37,41)/t28-/m1/s1. The summed E-state index contributed by atoms with van der Waals surface area (Å²) in [5.74, 6) is -1.22. The van der Waals surface area contributed by atoms with E-state index < -0.39 is 51.9 Å². The van der Waals surface area contributed by atoms with E-state index in [0.717, 1.165) is 49.6 Å². The molecule has 44 heavy (non-hydrogen) atoms. The molecule has 0 aliphatic heterocycles. The molecule has 1 aliphatic rings. The van der Waals surface area contributed by atoms with Crippen LogP contribution in [0.2, 0.25) is 10.0 Å². The van der Waals surface area contributed by atoms with Crippen LogP contribution in [0.5, 0.6) is 0 Å². The van der Waals surface area contributed by atoms with Crippen LogP contribution >= 0.6 is 23.2 Å². The second-order valence-corrected chi connectivity index (χ2v) is 13.5. The van der Waals surface area contributed by atoms with Crippen LogP contribution in [-0.2, 0) is 38.8 Å². The van der Waals surface area contributed by atoms with Crippen LogP contribution in [-0.4, -0.2) is 50.0 Å². The van der Waals surface area contributed by atoms with Gasteiger partial charge in [0.1, 0.15) is 12.6 Å². The van der Waals surface area contributed by atoms with E-state index in [4.69, 9.17) is 23.2 Å². The Morgan fingerprint density at radius 3 is 2.18 bits per heavy atom. The van der Waals surface area contributed by atoms with Crippen LogP contribution in [0.1, 0.15) is 42.4 Å². The van der Waals surface area contributed by atoms with Crippen molar-refractivity contribution in [2.45, 2.75) is 56.9 Å². The minimum Gasteiger partial charge on any atom is -0.352 e. The van der Waals surface area contributed by atoms with Gasteiger partial charge in [0.2, 0.25) is 21.8 Å². The summed E-state index contributed by atoms with van der Waals surface area (Å²) in [7, 11) is -4.32. The van der Waals surface area contributed by atoms with E-state index >= 15 is 0 Å². The number of rotatable bonds is 11. The number of nitrogens with zero attached hydrogens (tertiary/aromatic N) is 2. The number of hydrogen-bond acceptors (Lipinski definition) is 4. The maximum Gasteiger partial charge on any atom is 0.416 e. The van der Waals surface area contributed by atoms with Crippen molar-refractivity contribution in [3.8, 4) is 0 Å². The van der Waals surface area contributed by atoms with Crippen LogP contribution in [0.3, 0.4) is 0 Å². The molecule has 0 unspecified atom stereocenters. The zero-order valence-corrected chi connectivity index (χ0v) is 26.2. The summed E-state index contributed by atoms with van der Waals surface area (Å²) < 4.78 is 67.1. The quantitative estimate of drug-likeness (QED) is 0.253. The molecule has 0 radical (unpaired) electrons. The Bertz CT molecular complexity index is 1570. The van der Waals surface area contributed by atoms with E-state index in [1.165, 1.54) is 4.90 Å². The first-order valence-corrected chi connectivity index (χ1v) is 16.6. The van der Waals surface area contributed by atoms with Crippen molar-refractivity contribution in [2.24, 2.45) is 0 Å². The van der Waals surface area contributed by atoms with E-state index in [9.17, 15) is 31.2 Å². The van der Waals surface area contributed by atoms with Crippen molar-refractivity contribution < 1.29 is 31.2 Å². The van der Waals surface area contributed by atoms with Crippen molar-refractivity contribution in [2.75, 3.05) is 17.1 Å². The van der Waals surface area contributed by atoms with Gasteiger partial charge in [0.05, 0.1) is 22.5 Å². The fraction of sp³-hybridized carbons (Fsp3) is 0.355. The van der Waals surface area contributed by atoms with Crippen LogP contribution in [0.25, 0.3) is 0 Å². The van der Waals surface area contributed by atoms with Crippen LogP contribution < -0.4 is 9.62 Å². The highest BCUT2D eigenvalue weighted by Crippen LogP contribution is 2.36. The Kier molecular flexibility index (Phi) is 10.9. The fourth-order valence-corrected chi connectivity index (χ4v) is 6.43. The van der Waals surface area contributed by atoms with Crippen molar-refractivity contribution in [1.82, 2.24) is 10.2 Å². The molecule has 13 heteroatoms. The number of nitrogens with one attached hydrogen (secondary N) is 1. The van der Waals surface area contributed by atoms with Gasteiger partial charge in [-0.1, -0.05) is 78.5 Å². The third-order valence-electron chi connectivity index (χ3n) is 7.46. The third kappa shape index (κ3) is 8.89. The largest absolute Gasteiger partial charge is 0.416 e. The first kappa shape index (κ1) is 33.6. The lowest BCUT2D eigenvalue weighted by molar-refractivity contribution is -0.140. The Morgan fingerprint density at radius 2 is 1.59 bits per heavy atom. The lowest BCUT2D eigenvalue weighted by Crippen LogP contribution is -2.54.